The first-order chi connectivity index (χ1) is 10.3. The molecule has 3 aromatic rings. The van der Waals surface area contributed by atoms with E-state index in [9.17, 15) is 4.39 Å². The maximum atomic E-state index is 13.7. The van der Waals surface area contributed by atoms with E-state index in [2.05, 4.69) is 28.5 Å². The van der Waals surface area contributed by atoms with Crippen molar-refractivity contribution >= 4 is 22.2 Å². The van der Waals surface area contributed by atoms with E-state index in [-0.39, 0.29) is 5.82 Å². The van der Waals surface area contributed by atoms with E-state index in [0.717, 1.165) is 23.7 Å². The molecule has 21 heavy (non-hydrogen) atoms. The van der Waals surface area contributed by atoms with Gasteiger partial charge < -0.3 is 5.32 Å². The lowest BCUT2D eigenvalue weighted by Crippen LogP contribution is -2.01. The van der Waals surface area contributed by atoms with Crippen molar-refractivity contribution in [2.45, 2.75) is 12.8 Å². The van der Waals surface area contributed by atoms with Gasteiger partial charge in [0.15, 0.2) is 5.13 Å². The molecule has 0 bridgehead atoms. The second kappa shape index (κ2) is 4.97. The van der Waals surface area contributed by atoms with Crippen LogP contribution in [-0.2, 0) is 12.8 Å². The van der Waals surface area contributed by atoms with Gasteiger partial charge in [0.25, 0.3) is 0 Å². The van der Waals surface area contributed by atoms with Crippen LogP contribution in [0.4, 0.5) is 15.2 Å². The lowest BCUT2D eigenvalue weighted by molar-refractivity contribution is 0.632. The third-order valence-electron chi connectivity index (χ3n) is 3.71. The Kier molecular flexibility index (Phi) is 2.97. The predicted octanol–water partition coefficient (Wildman–Crippen LogP) is 4.79. The molecule has 4 heteroatoms. The van der Waals surface area contributed by atoms with Gasteiger partial charge in [0.2, 0.25) is 0 Å². The van der Waals surface area contributed by atoms with Gasteiger partial charge >= 0.3 is 0 Å². The molecule has 2 aromatic carbocycles. The highest BCUT2D eigenvalue weighted by Gasteiger charge is 2.20. The third-order valence-corrected chi connectivity index (χ3v) is 4.74. The van der Waals surface area contributed by atoms with Crippen LogP contribution in [0.3, 0.4) is 0 Å². The van der Waals surface area contributed by atoms with Crippen molar-refractivity contribution in [3.8, 4) is 11.3 Å². The SMILES string of the molecule is Fc1ccccc1Nc1nc2c(s1)CCc1ccccc1-2. The van der Waals surface area contributed by atoms with Crippen molar-refractivity contribution in [1.29, 1.82) is 0 Å². The lowest BCUT2D eigenvalue weighted by Gasteiger charge is -2.13. The predicted molar refractivity (Wildman–Crippen MR) is 84.6 cm³/mol. The zero-order valence-electron chi connectivity index (χ0n) is 11.3. The van der Waals surface area contributed by atoms with Crippen molar-refractivity contribution in [1.82, 2.24) is 4.98 Å². The molecule has 1 aliphatic carbocycles. The quantitative estimate of drug-likeness (QED) is 0.735. The molecule has 0 radical (unpaired) electrons. The van der Waals surface area contributed by atoms with E-state index >= 15 is 0 Å². The summed E-state index contributed by atoms with van der Waals surface area (Å²) in [4.78, 5) is 5.94. The summed E-state index contributed by atoms with van der Waals surface area (Å²) in [5, 5.41) is 3.84. The molecule has 0 atom stereocenters. The number of para-hydroxylation sites is 1. The number of aromatic nitrogens is 1. The van der Waals surface area contributed by atoms with Crippen LogP contribution in [0.15, 0.2) is 48.5 Å². The van der Waals surface area contributed by atoms with E-state index in [0.29, 0.717) is 5.69 Å². The van der Waals surface area contributed by atoms with Crippen molar-refractivity contribution in [3.05, 3.63) is 64.8 Å². The average Bonchev–Trinajstić information content (AvgIpc) is 2.93. The third kappa shape index (κ3) is 2.21. The molecular formula is C17H13FN2S. The molecule has 0 aliphatic heterocycles. The minimum absolute atomic E-state index is 0.258. The number of aryl methyl sites for hydroxylation is 2. The van der Waals surface area contributed by atoms with E-state index in [4.69, 9.17) is 0 Å². The van der Waals surface area contributed by atoms with Crippen LogP contribution in [-0.4, -0.2) is 4.98 Å². The number of rotatable bonds is 2. The molecule has 0 amide bonds. The largest absolute Gasteiger partial charge is 0.329 e. The lowest BCUT2D eigenvalue weighted by atomic mass is 9.94. The minimum Gasteiger partial charge on any atom is -0.329 e. The van der Waals surface area contributed by atoms with Crippen LogP contribution >= 0.6 is 11.3 Å². The Morgan fingerprint density at radius 2 is 1.81 bits per heavy atom. The van der Waals surface area contributed by atoms with Crippen molar-refractivity contribution < 1.29 is 4.39 Å². The smallest absolute Gasteiger partial charge is 0.188 e. The second-order valence-corrected chi connectivity index (χ2v) is 6.14. The minimum atomic E-state index is -0.258. The molecule has 4 rings (SSSR count). The molecule has 1 N–H and O–H groups in total. The number of halogens is 1. The maximum Gasteiger partial charge on any atom is 0.188 e. The van der Waals surface area contributed by atoms with E-state index in [1.807, 2.05) is 12.1 Å². The summed E-state index contributed by atoms with van der Waals surface area (Å²) in [6.45, 7) is 0. The Bertz CT molecular complexity index is 810. The van der Waals surface area contributed by atoms with Crippen LogP contribution in [0, 0.1) is 5.82 Å². The van der Waals surface area contributed by atoms with Gasteiger partial charge in [-0.1, -0.05) is 36.4 Å². The Morgan fingerprint density at radius 3 is 2.71 bits per heavy atom. The number of anilines is 2. The Hall–Kier alpha value is -2.20. The molecule has 104 valence electrons. The standard InChI is InChI=1S/C17H13FN2S/c18-13-7-3-4-8-14(13)19-17-20-16-12-6-2-1-5-11(12)9-10-15(16)21-17/h1-8H,9-10H2,(H,19,20). The van der Waals surface area contributed by atoms with Crippen LogP contribution in [0.5, 0.6) is 0 Å². The monoisotopic (exact) mass is 296 g/mol. The van der Waals surface area contributed by atoms with E-state index in [1.165, 1.54) is 22.1 Å². The average molecular weight is 296 g/mol. The highest BCUT2D eigenvalue weighted by atomic mass is 32.1. The fourth-order valence-corrected chi connectivity index (χ4v) is 3.67. The van der Waals surface area contributed by atoms with Gasteiger partial charge in [-0.15, -0.1) is 11.3 Å². The molecule has 0 saturated heterocycles. The van der Waals surface area contributed by atoms with Crippen LogP contribution in [0.1, 0.15) is 10.4 Å². The van der Waals surface area contributed by atoms with Crippen molar-refractivity contribution in [2.24, 2.45) is 0 Å². The summed E-state index contributed by atoms with van der Waals surface area (Å²) in [6, 6.07) is 15.0. The highest BCUT2D eigenvalue weighted by molar-refractivity contribution is 7.16. The molecule has 0 unspecified atom stereocenters. The van der Waals surface area contributed by atoms with Gasteiger partial charge in [-0.25, -0.2) is 9.37 Å². The zero-order chi connectivity index (χ0) is 14.2. The molecule has 0 fully saturated rings. The molecule has 0 saturated carbocycles. The number of nitrogens with zero attached hydrogens (tertiary/aromatic N) is 1. The fraction of sp³-hybridized carbons (Fsp3) is 0.118. The summed E-state index contributed by atoms with van der Waals surface area (Å²) in [7, 11) is 0. The van der Waals surface area contributed by atoms with Gasteiger partial charge in [0.05, 0.1) is 11.4 Å². The highest BCUT2D eigenvalue weighted by Crippen LogP contribution is 2.38. The maximum absolute atomic E-state index is 13.7. The molecule has 0 spiro atoms. The Morgan fingerprint density at radius 1 is 1.00 bits per heavy atom. The van der Waals surface area contributed by atoms with Crippen LogP contribution < -0.4 is 5.32 Å². The van der Waals surface area contributed by atoms with E-state index < -0.39 is 0 Å². The number of hydrogen-bond donors (Lipinski definition) is 1. The van der Waals surface area contributed by atoms with Crippen molar-refractivity contribution in [2.75, 3.05) is 5.32 Å². The van der Waals surface area contributed by atoms with Gasteiger partial charge in [0, 0.05) is 10.4 Å². The number of benzene rings is 2. The summed E-state index contributed by atoms with van der Waals surface area (Å²) in [6.07, 6.45) is 2.05. The zero-order valence-corrected chi connectivity index (χ0v) is 12.1. The number of nitrogens with one attached hydrogen (secondary N) is 1. The normalized spacial score (nSPS) is 12.6. The van der Waals surface area contributed by atoms with Crippen LogP contribution in [0.2, 0.25) is 0 Å². The Labute approximate surface area is 126 Å². The molecule has 1 aromatic heterocycles. The first kappa shape index (κ1) is 12.5. The first-order valence-electron chi connectivity index (χ1n) is 6.91. The van der Waals surface area contributed by atoms with Gasteiger partial charge in [-0.3, -0.25) is 0 Å². The molecule has 1 heterocycles. The summed E-state index contributed by atoms with van der Waals surface area (Å²) >= 11 is 1.61. The second-order valence-electron chi connectivity index (χ2n) is 5.05. The molecular weight excluding hydrogens is 283 g/mol. The number of hydrogen-bond acceptors (Lipinski definition) is 3. The first-order valence-corrected chi connectivity index (χ1v) is 7.72. The summed E-state index contributed by atoms with van der Waals surface area (Å²) in [5.74, 6) is -0.258. The number of thiazole rings is 1. The Balaban J connectivity index is 1.72. The van der Waals surface area contributed by atoms with E-state index in [1.54, 1.807) is 23.5 Å². The van der Waals surface area contributed by atoms with Gasteiger partial charge in [0.1, 0.15) is 5.82 Å². The van der Waals surface area contributed by atoms with Crippen LogP contribution in [0.25, 0.3) is 11.3 Å². The fourth-order valence-electron chi connectivity index (χ4n) is 2.68. The van der Waals surface area contributed by atoms with Gasteiger partial charge in [-0.2, -0.15) is 0 Å². The number of fused-ring (bicyclic) bond motifs is 3. The molecule has 2 nitrogen and oxygen atoms in total. The topological polar surface area (TPSA) is 24.9 Å². The van der Waals surface area contributed by atoms with Gasteiger partial charge in [-0.05, 0) is 30.5 Å². The summed E-state index contributed by atoms with van der Waals surface area (Å²) in [5.41, 5.74) is 4.06. The van der Waals surface area contributed by atoms with Crippen molar-refractivity contribution in [3.63, 3.8) is 0 Å². The molecule has 1 aliphatic rings. The summed E-state index contributed by atoms with van der Waals surface area (Å²) < 4.78 is 13.7.